The Hall–Kier alpha value is -2.11. The van der Waals surface area contributed by atoms with Crippen LogP contribution in [0.15, 0.2) is 18.3 Å². The molecule has 1 unspecified atom stereocenters. The number of nitrogens with zero attached hydrogens (tertiary/aromatic N) is 1. The molecule has 6 heteroatoms. The second-order valence-electron chi connectivity index (χ2n) is 5.22. The number of hydrogen-bond donors (Lipinski definition) is 3. The summed E-state index contributed by atoms with van der Waals surface area (Å²) in [6, 6.07) is 2.62. The molecule has 1 aliphatic rings. The van der Waals surface area contributed by atoms with E-state index < -0.39 is 5.97 Å². The molecule has 0 radical (unpaired) electrons. The van der Waals surface area contributed by atoms with E-state index in [0.29, 0.717) is 18.2 Å². The van der Waals surface area contributed by atoms with Gasteiger partial charge >= 0.3 is 12.0 Å². The minimum atomic E-state index is -1.00. The van der Waals surface area contributed by atoms with Crippen molar-refractivity contribution in [1.29, 1.82) is 0 Å². The molecule has 108 valence electrons. The molecule has 0 saturated heterocycles. The minimum absolute atomic E-state index is 0.166. The molecule has 1 atom stereocenters. The summed E-state index contributed by atoms with van der Waals surface area (Å²) in [6.45, 7) is 3.01. The van der Waals surface area contributed by atoms with Crippen LogP contribution in [0.1, 0.15) is 35.8 Å². The average molecular weight is 277 g/mol. The Balaban J connectivity index is 1.74. The molecule has 0 aliphatic heterocycles. The maximum atomic E-state index is 11.6. The Bertz CT molecular complexity index is 500. The predicted octanol–water partition coefficient (Wildman–Crippen LogP) is 1.63. The lowest BCUT2D eigenvalue weighted by molar-refractivity contribution is 0.0696. The zero-order chi connectivity index (χ0) is 14.5. The van der Waals surface area contributed by atoms with Crippen LogP contribution in [0, 0.1) is 11.8 Å². The van der Waals surface area contributed by atoms with E-state index >= 15 is 0 Å². The summed E-state index contributed by atoms with van der Waals surface area (Å²) < 4.78 is 0. The number of nitrogens with one attached hydrogen (secondary N) is 2. The molecule has 1 aromatic heterocycles. The third kappa shape index (κ3) is 4.22. The maximum absolute atomic E-state index is 11.6. The molecule has 0 aromatic carbocycles. The molecule has 1 aliphatic carbocycles. The van der Waals surface area contributed by atoms with Gasteiger partial charge in [-0.15, -0.1) is 0 Å². The van der Waals surface area contributed by atoms with Gasteiger partial charge in [-0.3, -0.25) is 4.98 Å². The summed E-state index contributed by atoms with van der Waals surface area (Å²) in [5.74, 6) is 0.259. The largest absolute Gasteiger partial charge is 0.478 e. The third-order valence-electron chi connectivity index (χ3n) is 3.50. The fourth-order valence-electron chi connectivity index (χ4n) is 2.03. The number of pyridine rings is 1. The first-order valence-corrected chi connectivity index (χ1v) is 6.76. The average Bonchev–Trinajstić information content (AvgIpc) is 3.27. The van der Waals surface area contributed by atoms with Gasteiger partial charge in [0, 0.05) is 12.7 Å². The van der Waals surface area contributed by atoms with E-state index in [1.54, 1.807) is 0 Å². The zero-order valence-electron chi connectivity index (χ0n) is 11.4. The van der Waals surface area contributed by atoms with Gasteiger partial charge < -0.3 is 15.7 Å². The van der Waals surface area contributed by atoms with Crippen molar-refractivity contribution in [1.82, 2.24) is 15.6 Å². The standard InChI is InChI=1S/C14H19N3O3/c1-9(10-2-3-10)7-16-14(20)17-8-12-6-11(13(18)19)4-5-15-12/h4-6,9-10H,2-3,7-8H2,1H3,(H,18,19)(H2,16,17,20). The van der Waals surface area contributed by atoms with Crippen molar-refractivity contribution in [3.8, 4) is 0 Å². The number of rotatable bonds is 6. The van der Waals surface area contributed by atoms with Gasteiger partial charge in [0.25, 0.3) is 0 Å². The van der Waals surface area contributed by atoms with E-state index in [0.717, 1.165) is 5.92 Å². The molecule has 1 heterocycles. The Morgan fingerprint density at radius 3 is 2.85 bits per heavy atom. The van der Waals surface area contributed by atoms with Gasteiger partial charge in [-0.05, 0) is 36.8 Å². The number of carboxylic acid groups (broad SMARTS) is 1. The lowest BCUT2D eigenvalue weighted by Crippen LogP contribution is -2.37. The van der Waals surface area contributed by atoms with E-state index in [2.05, 4.69) is 22.5 Å². The van der Waals surface area contributed by atoms with Crippen LogP contribution in [0.2, 0.25) is 0 Å². The number of aromatic carboxylic acids is 1. The van der Waals surface area contributed by atoms with Gasteiger partial charge in [0.2, 0.25) is 0 Å². The van der Waals surface area contributed by atoms with E-state index in [4.69, 9.17) is 5.11 Å². The number of carbonyl (C=O) groups excluding carboxylic acids is 1. The Labute approximate surface area is 117 Å². The summed E-state index contributed by atoms with van der Waals surface area (Å²) in [5.41, 5.74) is 0.690. The molecule has 3 N–H and O–H groups in total. The number of amides is 2. The van der Waals surface area contributed by atoms with Crippen molar-refractivity contribution in [3.05, 3.63) is 29.6 Å². The van der Waals surface area contributed by atoms with Crippen LogP contribution >= 0.6 is 0 Å². The topological polar surface area (TPSA) is 91.3 Å². The first-order chi connectivity index (χ1) is 9.56. The second-order valence-corrected chi connectivity index (χ2v) is 5.22. The molecule has 2 rings (SSSR count). The molecule has 0 spiro atoms. The molecule has 6 nitrogen and oxygen atoms in total. The minimum Gasteiger partial charge on any atom is -0.478 e. The highest BCUT2D eigenvalue weighted by atomic mass is 16.4. The fourth-order valence-corrected chi connectivity index (χ4v) is 2.03. The highest BCUT2D eigenvalue weighted by molar-refractivity contribution is 5.87. The monoisotopic (exact) mass is 277 g/mol. The summed E-state index contributed by atoms with van der Waals surface area (Å²) in [7, 11) is 0. The van der Waals surface area contributed by atoms with E-state index in [-0.39, 0.29) is 18.1 Å². The number of carboxylic acids is 1. The van der Waals surface area contributed by atoms with Crippen molar-refractivity contribution in [2.75, 3.05) is 6.54 Å². The van der Waals surface area contributed by atoms with Gasteiger partial charge in [-0.1, -0.05) is 6.92 Å². The van der Waals surface area contributed by atoms with Crippen molar-refractivity contribution in [2.45, 2.75) is 26.3 Å². The van der Waals surface area contributed by atoms with Gasteiger partial charge in [-0.2, -0.15) is 0 Å². The van der Waals surface area contributed by atoms with Crippen LogP contribution in [-0.4, -0.2) is 28.6 Å². The van der Waals surface area contributed by atoms with Crippen LogP contribution < -0.4 is 10.6 Å². The van der Waals surface area contributed by atoms with Crippen molar-refractivity contribution < 1.29 is 14.7 Å². The molecular formula is C14H19N3O3. The van der Waals surface area contributed by atoms with Crippen LogP contribution in [0.4, 0.5) is 4.79 Å². The first-order valence-electron chi connectivity index (χ1n) is 6.76. The highest BCUT2D eigenvalue weighted by Gasteiger charge is 2.27. The third-order valence-corrected chi connectivity index (χ3v) is 3.50. The van der Waals surface area contributed by atoms with Crippen molar-refractivity contribution >= 4 is 12.0 Å². The lowest BCUT2D eigenvalue weighted by Gasteiger charge is -2.12. The Morgan fingerprint density at radius 2 is 2.20 bits per heavy atom. The molecule has 20 heavy (non-hydrogen) atoms. The van der Waals surface area contributed by atoms with Crippen LogP contribution in [0.3, 0.4) is 0 Å². The van der Waals surface area contributed by atoms with E-state index in [9.17, 15) is 9.59 Å². The number of urea groups is 1. The molecule has 2 amide bonds. The Kier molecular flexibility index (Phi) is 4.55. The highest BCUT2D eigenvalue weighted by Crippen LogP contribution is 2.35. The molecule has 1 fully saturated rings. The van der Waals surface area contributed by atoms with E-state index in [1.165, 1.54) is 31.2 Å². The summed E-state index contributed by atoms with van der Waals surface area (Å²) >= 11 is 0. The van der Waals surface area contributed by atoms with Gasteiger partial charge in [0.15, 0.2) is 0 Å². The van der Waals surface area contributed by atoms with Crippen molar-refractivity contribution in [2.24, 2.45) is 11.8 Å². The van der Waals surface area contributed by atoms with Crippen LogP contribution in [0.5, 0.6) is 0 Å². The quantitative estimate of drug-likeness (QED) is 0.737. The predicted molar refractivity (Wildman–Crippen MR) is 73.3 cm³/mol. The second kappa shape index (κ2) is 6.36. The summed E-state index contributed by atoms with van der Waals surface area (Å²) in [5, 5.41) is 14.4. The van der Waals surface area contributed by atoms with Gasteiger partial charge in [0.1, 0.15) is 0 Å². The lowest BCUT2D eigenvalue weighted by atomic mass is 10.1. The van der Waals surface area contributed by atoms with Crippen LogP contribution in [-0.2, 0) is 6.54 Å². The number of hydrogen-bond acceptors (Lipinski definition) is 3. The molecule has 1 aromatic rings. The SMILES string of the molecule is CC(CNC(=O)NCc1cc(C(=O)O)ccn1)C1CC1. The molecule has 0 bridgehead atoms. The number of carbonyl (C=O) groups is 2. The smallest absolute Gasteiger partial charge is 0.335 e. The first kappa shape index (κ1) is 14.3. The molecule has 1 saturated carbocycles. The van der Waals surface area contributed by atoms with Crippen molar-refractivity contribution in [3.63, 3.8) is 0 Å². The fraction of sp³-hybridized carbons (Fsp3) is 0.500. The molecular weight excluding hydrogens is 258 g/mol. The maximum Gasteiger partial charge on any atom is 0.335 e. The summed E-state index contributed by atoms with van der Waals surface area (Å²) in [6.07, 6.45) is 3.94. The zero-order valence-corrected chi connectivity index (χ0v) is 11.4. The van der Waals surface area contributed by atoms with Gasteiger partial charge in [0.05, 0.1) is 17.8 Å². The Morgan fingerprint density at radius 1 is 1.45 bits per heavy atom. The van der Waals surface area contributed by atoms with E-state index in [1.807, 2.05) is 0 Å². The summed E-state index contributed by atoms with van der Waals surface area (Å²) in [4.78, 5) is 26.4. The normalized spacial score (nSPS) is 15.4. The van der Waals surface area contributed by atoms with Crippen LogP contribution in [0.25, 0.3) is 0 Å². The van der Waals surface area contributed by atoms with Gasteiger partial charge in [-0.25, -0.2) is 9.59 Å². The number of aromatic nitrogens is 1.